The maximum Gasteiger partial charge on any atom is 0.343 e. The van der Waals surface area contributed by atoms with Gasteiger partial charge in [0.15, 0.2) is 5.60 Å². The Morgan fingerprint density at radius 3 is 2.84 bits per heavy atom. The molecule has 3 N–H and O–H groups in total. The van der Waals surface area contributed by atoms with Crippen LogP contribution in [0.5, 0.6) is 0 Å². The van der Waals surface area contributed by atoms with Crippen LogP contribution in [0.15, 0.2) is 23.1 Å². The van der Waals surface area contributed by atoms with Crippen LogP contribution in [0.25, 0.3) is 22.3 Å². The molecule has 0 radical (unpaired) electrons. The Balaban J connectivity index is 1.31. The van der Waals surface area contributed by atoms with E-state index >= 15 is 4.39 Å². The predicted molar refractivity (Wildman–Crippen MR) is 154 cm³/mol. The number of aryl methyl sites for hydroxylation is 2. The molecule has 44 heavy (non-hydrogen) atoms. The molecule has 0 saturated heterocycles. The summed E-state index contributed by atoms with van der Waals surface area (Å²) in [5, 5.41) is 32.3. The van der Waals surface area contributed by atoms with Gasteiger partial charge in [0.25, 0.3) is 5.56 Å². The number of carbonyl (C=O) groups excluding carboxylic acids is 2. The monoisotopic (exact) mass is 602 g/mol. The largest absolute Gasteiger partial charge is 0.458 e. The third kappa shape index (κ3) is 4.17. The van der Waals surface area contributed by atoms with E-state index in [1.807, 2.05) is 0 Å². The number of hydrogen-bond acceptors (Lipinski definition) is 9. The summed E-state index contributed by atoms with van der Waals surface area (Å²) in [7, 11) is 0. The first-order valence-electron chi connectivity index (χ1n) is 14.8. The van der Waals surface area contributed by atoms with Crippen LogP contribution in [-0.2, 0) is 52.5 Å². The SMILES string of the molecule is CC[C@@]1(O)C(=O)OCc2c1cc1n(c2=O)Cc2c-1nc1cc(F)c(C)c3c1c2[C@@H](NC(=O)CCn1cc(CCO)nn1)CC3. The number of carbonyl (C=O) groups is 2. The second-order valence-corrected chi connectivity index (χ2v) is 11.7. The summed E-state index contributed by atoms with van der Waals surface area (Å²) in [6.07, 6.45) is 3.30. The topological polar surface area (TPSA) is 161 Å². The van der Waals surface area contributed by atoms with Crippen LogP contribution in [0.3, 0.4) is 0 Å². The van der Waals surface area contributed by atoms with Gasteiger partial charge in [0.2, 0.25) is 5.91 Å². The number of nitrogens with zero attached hydrogens (tertiary/aromatic N) is 5. The Kier molecular flexibility index (Phi) is 6.63. The number of esters is 1. The smallest absolute Gasteiger partial charge is 0.343 e. The molecule has 0 bridgehead atoms. The highest BCUT2D eigenvalue weighted by atomic mass is 19.1. The highest BCUT2D eigenvalue weighted by molar-refractivity contribution is 5.94. The minimum absolute atomic E-state index is 0.0181. The molecule has 0 saturated carbocycles. The van der Waals surface area contributed by atoms with Gasteiger partial charge < -0.3 is 24.8 Å². The molecule has 0 unspecified atom stereocenters. The molecule has 3 aliphatic rings. The van der Waals surface area contributed by atoms with E-state index in [1.54, 1.807) is 35.4 Å². The van der Waals surface area contributed by atoms with Gasteiger partial charge in [-0.2, -0.15) is 0 Å². The van der Waals surface area contributed by atoms with Crippen molar-refractivity contribution in [3.8, 4) is 11.4 Å². The molecule has 0 spiro atoms. The van der Waals surface area contributed by atoms with Gasteiger partial charge in [0.1, 0.15) is 12.4 Å². The summed E-state index contributed by atoms with van der Waals surface area (Å²) in [6, 6.07) is 2.59. The van der Waals surface area contributed by atoms with Crippen LogP contribution < -0.4 is 10.9 Å². The van der Waals surface area contributed by atoms with E-state index in [0.29, 0.717) is 54.0 Å². The molecule has 13 heteroatoms. The molecule has 7 rings (SSSR count). The number of aromatic nitrogens is 5. The molecule has 4 aromatic rings. The average Bonchev–Trinajstić information content (AvgIpc) is 3.62. The summed E-state index contributed by atoms with van der Waals surface area (Å²) in [6.45, 7) is 3.56. The van der Waals surface area contributed by atoms with Crippen LogP contribution in [0, 0.1) is 12.7 Å². The minimum atomic E-state index is -1.97. The zero-order valence-corrected chi connectivity index (χ0v) is 24.3. The Hall–Kier alpha value is -4.49. The Morgan fingerprint density at radius 1 is 1.25 bits per heavy atom. The first-order valence-corrected chi connectivity index (χ1v) is 14.8. The van der Waals surface area contributed by atoms with E-state index in [4.69, 9.17) is 14.8 Å². The highest BCUT2D eigenvalue weighted by Crippen LogP contribution is 2.46. The van der Waals surface area contributed by atoms with E-state index in [-0.39, 0.29) is 55.5 Å². The number of fused-ring (bicyclic) bond motifs is 5. The molecular weight excluding hydrogens is 571 g/mol. The van der Waals surface area contributed by atoms with Crippen molar-refractivity contribution in [2.75, 3.05) is 6.61 Å². The van der Waals surface area contributed by atoms with Crippen LogP contribution in [0.1, 0.15) is 71.3 Å². The number of amides is 1. The fourth-order valence-corrected chi connectivity index (χ4v) is 6.86. The summed E-state index contributed by atoms with van der Waals surface area (Å²) in [5.74, 6) is -1.40. The van der Waals surface area contributed by atoms with Crippen molar-refractivity contribution in [3.05, 3.63) is 73.6 Å². The van der Waals surface area contributed by atoms with Crippen molar-refractivity contribution >= 4 is 22.8 Å². The maximum atomic E-state index is 15.1. The Bertz CT molecular complexity index is 1950. The van der Waals surface area contributed by atoms with Gasteiger partial charge >= 0.3 is 5.97 Å². The van der Waals surface area contributed by atoms with Gasteiger partial charge in [-0.3, -0.25) is 14.3 Å². The van der Waals surface area contributed by atoms with Gasteiger partial charge in [0.05, 0.1) is 47.3 Å². The molecule has 2 atom stereocenters. The summed E-state index contributed by atoms with van der Waals surface area (Å²) < 4.78 is 23.4. The number of benzene rings is 1. The fourth-order valence-electron chi connectivity index (χ4n) is 6.86. The number of rotatable bonds is 7. The Morgan fingerprint density at radius 2 is 2.07 bits per heavy atom. The number of hydrogen-bond donors (Lipinski definition) is 3. The zero-order chi connectivity index (χ0) is 30.9. The van der Waals surface area contributed by atoms with Gasteiger partial charge in [-0.25, -0.2) is 14.2 Å². The van der Waals surface area contributed by atoms with Crippen LogP contribution >= 0.6 is 0 Å². The van der Waals surface area contributed by atoms with Crippen molar-refractivity contribution in [2.24, 2.45) is 0 Å². The molecular formula is C31H31FN6O6. The standard InChI is InChI=1S/C31H31FN6O6/c1-3-31(43)20-10-24-28-18(13-38(24)29(41)19(20)14-44-30(31)42)27-22(5-4-17-15(2)21(32)11-23(34-28)26(17)27)33-25(40)6-8-37-12-16(7-9-39)35-36-37/h10-12,22,39,43H,3-9,13-14H2,1-2H3,(H,33,40)/t22-,31-/m0/s1. The second-order valence-electron chi connectivity index (χ2n) is 11.7. The molecule has 1 amide bonds. The first kappa shape index (κ1) is 28.3. The van der Waals surface area contributed by atoms with Crippen molar-refractivity contribution in [1.82, 2.24) is 29.9 Å². The van der Waals surface area contributed by atoms with Gasteiger partial charge in [-0.15, -0.1) is 5.10 Å². The summed E-state index contributed by atoms with van der Waals surface area (Å²) >= 11 is 0. The van der Waals surface area contributed by atoms with Crippen molar-refractivity contribution in [1.29, 1.82) is 0 Å². The number of cyclic esters (lactones) is 1. The van der Waals surface area contributed by atoms with E-state index in [9.17, 15) is 19.5 Å². The third-order valence-corrected chi connectivity index (χ3v) is 9.24. The zero-order valence-electron chi connectivity index (χ0n) is 24.3. The Labute approximate surface area is 250 Å². The predicted octanol–water partition coefficient (Wildman–Crippen LogP) is 1.85. The second kappa shape index (κ2) is 10.3. The lowest BCUT2D eigenvalue weighted by atomic mass is 9.81. The number of pyridine rings is 2. The van der Waals surface area contributed by atoms with E-state index in [2.05, 4.69) is 15.6 Å². The lowest BCUT2D eigenvalue weighted by Crippen LogP contribution is -2.44. The average molecular weight is 603 g/mol. The van der Waals surface area contributed by atoms with Crippen LogP contribution in [0.2, 0.25) is 0 Å². The van der Waals surface area contributed by atoms with Crippen molar-refractivity contribution in [2.45, 2.75) is 77.3 Å². The number of ether oxygens (including phenoxy) is 1. The fraction of sp³-hybridized carbons (Fsp3) is 0.419. The number of nitrogens with one attached hydrogen (secondary N) is 1. The van der Waals surface area contributed by atoms with Crippen LogP contribution in [0.4, 0.5) is 4.39 Å². The maximum absolute atomic E-state index is 15.1. The molecule has 12 nitrogen and oxygen atoms in total. The minimum Gasteiger partial charge on any atom is -0.458 e. The summed E-state index contributed by atoms with van der Waals surface area (Å²) in [4.78, 5) is 44.4. The number of aliphatic hydroxyl groups is 2. The summed E-state index contributed by atoms with van der Waals surface area (Å²) in [5.41, 5.74) is 2.89. The van der Waals surface area contributed by atoms with Crippen molar-refractivity contribution < 1.29 is 28.9 Å². The molecule has 0 fully saturated rings. The lowest BCUT2D eigenvalue weighted by Gasteiger charge is -2.31. The third-order valence-electron chi connectivity index (χ3n) is 9.24. The van der Waals surface area contributed by atoms with Gasteiger partial charge in [-0.1, -0.05) is 12.1 Å². The molecule has 3 aromatic heterocycles. The molecule has 228 valence electrons. The van der Waals surface area contributed by atoms with E-state index in [0.717, 1.165) is 22.1 Å². The first-order chi connectivity index (χ1) is 21.1. The molecule has 1 aromatic carbocycles. The normalized spacial score (nSPS) is 19.8. The van der Waals surface area contributed by atoms with E-state index < -0.39 is 23.2 Å². The number of halogens is 1. The van der Waals surface area contributed by atoms with E-state index in [1.165, 1.54) is 6.07 Å². The molecule has 2 aliphatic heterocycles. The van der Waals surface area contributed by atoms with Gasteiger partial charge in [0, 0.05) is 48.2 Å². The van der Waals surface area contributed by atoms with Gasteiger partial charge in [-0.05, 0) is 48.9 Å². The quantitative estimate of drug-likeness (QED) is 0.236. The number of aliphatic hydroxyl groups excluding tert-OH is 1. The van der Waals surface area contributed by atoms with Crippen molar-refractivity contribution in [3.63, 3.8) is 0 Å². The molecule has 5 heterocycles. The lowest BCUT2D eigenvalue weighted by molar-refractivity contribution is -0.172. The molecule has 1 aliphatic carbocycles. The highest BCUT2D eigenvalue weighted by Gasteiger charge is 2.46. The van der Waals surface area contributed by atoms with Crippen LogP contribution in [-0.4, -0.2) is 53.2 Å².